The molecular weight excluding hydrogens is 479 g/mol. The molecule has 0 N–H and O–H groups in total. The Morgan fingerprint density at radius 1 is 1.09 bits per heavy atom. The van der Waals surface area contributed by atoms with Gasteiger partial charge in [-0.15, -0.1) is 0 Å². The van der Waals surface area contributed by atoms with E-state index in [2.05, 4.69) is 16.9 Å². The van der Waals surface area contributed by atoms with Crippen molar-refractivity contribution in [3.05, 3.63) is 12.2 Å². The van der Waals surface area contributed by atoms with Gasteiger partial charge in [0, 0.05) is 13.0 Å². The Labute approximate surface area is 199 Å². The fraction of sp³-hybridized carbons (Fsp3) is 0.875. The van der Waals surface area contributed by atoms with Crippen LogP contribution in [0.5, 0.6) is 0 Å². The number of fused-ring (bicyclic) bond motifs is 9. The van der Waals surface area contributed by atoms with Crippen molar-refractivity contribution < 1.29 is 50.4 Å². The number of rotatable bonds is 5. The maximum absolute atomic E-state index is 15.6. The highest BCUT2D eigenvalue weighted by Crippen LogP contribution is 2.67. The first-order chi connectivity index (χ1) is 16.5. The molecular formula is C24H29F5O6. The molecule has 5 fully saturated rings. The molecule has 0 aromatic heterocycles. The monoisotopic (exact) mass is 508 g/mol. The van der Waals surface area contributed by atoms with Crippen LogP contribution >= 0.6 is 0 Å². The number of hydrogen-bond donors (Lipinski definition) is 0. The zero-order chi connectivity index (χ0) is 24.8. The first kappa shape index (κ1) is 24.1. The van der Waals surface area contributed by atoms with Crippen molar-refractivity contribution in [2.75, 3.05) is 20.0 Å². The molecule has 10 atom stereocenters. The Hall–Kier alpha value is -1.30. The highest BCUT2D eigenvalue weighted by atomic mass is 19.4. The van der Waals surface area contributed by atoms with Crippen molar-refractivity contribution in [2.24, 2.45) is 41.4 Å². The topological polar surface area (TPSA) is 63.2 Å². The Balaban J connectivity index is 1.18. The van der Waals surface area contributed by atoms with Gasteiger partial charge in [0.25, 0.3) is 0 Å². The van der Waals surface area contributed by atoms with Gasteiger partial charge in [0.15, 0.2) is 18.7 Å². The fourth-order valence-corrected chi connectivity index (χ4v) is 7.77. The zero-order valence-electron chi connectivity index (χ0n) is 19.3. The second-order valence-corrected chi connectivity index (χ2v) is 11.1. The Kier molecular flexibility index (Phi) is 5.40. The Bertz CT molecular complexity index is 903. The average Bonchev–Trinajstić information content (AvgIpc) is 3.59. The molecule has 11 heteroatoms. The summed E-state index contributed by atoms with van der Waals surface area (Å²) >= 11 is 0. The van der Waals surface area contributed by atoms with E-state index < -0.39 is 55.1 Å². The number of alkyl halides is 5. The van der Waals surface area contributed by atoms with Gasteiger partial charge in [0.05, 0.1) is 5.92 Å². The van der Waals surface area contributed by atoms with E-state index in [1.54, 1.807) is 0 Å². The van der Waals surface area contributed by atoms with E-state index in [1.165, 1.54) is 0 Å². The lowest BCUT2D eigenvalue weighted by Gasteiger charge is -2.51. The van der Waals surface area contributed by atoms with Crippen LogP contribution in [0.3, 0.4) is 0 Å². The largest absolute Gasteiger partial charge is 0.462 e. The number of carbonyl (C=O) groups excluding carboxylic acids is 1. The van der Waals surface area contributed by atoms with Gasteiger partial charge in [-0.3, -0.25) is 4.79 Å². The minimum atomic E-state index is -5.60. The van der Waals surface area contributed by atoms with Gasteiger partial charge in [-0.2, -0.15) is 22.0 Å². The minimum Gasteiger partial charge on any atom is -0.462 e. The highest BCUT2D eigenvalue weighted by Gasteiger charge is 2.82. The number of carbonyl (C=O) groups is 1. The molecule has 0 spiro atoms. The molecule has 0 radical (unpaired) electrons. The van der Waals surface area contributed by atoms with Crippen molar-refractivity contribution in [1.82, 2.24) is 0 Å². The van der Waals surface area contributed by atoms with Crippen LogP contribution in [0.15, 0.2) is 12.2 Å². The number of halogens is 5. The van der Waals surface area contributed by atoms with Gasteiger partial charge >= 0.3 is 23.9 Å². The first-order valence-electron chi connectivity index (χ1n) is 12.3. The van der Waals surface area contributed by atoms with Gasteiger partial charge in [-0.1, -0.05) is 12.2 Å². The number of ether oxygens (including phenoxy) is 5. The van der Waals surface area contributed by atoms with E-state index in [0.29, 0.717) is 42.4 Å². The zero-order valence-corrected chi connectivity index (χ0v) is 19.3. The summed E-state index contributed by atoms with van der Waals surface area (Å²) in [5.74, 6) is -7.61. The first-order valence-corrected chi connectivity index (χ1v) is 12.3. The number of allylic oxidation sites excluding steroid dienone is 2. The van der Waals surface area contributed by atoms with Crippen LogP contribution in [0.25, 0.3) is 0 Å². The highest BCUT2D eigenvalue weighted by molar-refractivity contribution is 5.73. The summed E-state index contributed by atoms with van der Waals surface area (Å²) in [7, 11) is 0. The van der Waals surface area contributed by atoms with E-state index >= 15 is 8.78 Å². The predicted molar refractivity (Wildman–Crippen MR) is 108 cm³/mol. The molecule has 10 unspecified atom stereocenters. The summed E-state index contributed by atoms with van der Waals surface area (Å²) in [5.41, 5.74) is -2.82. The van der Waals surface area contributed by atoms with E-state index in [0.717, 1.165) is 19.8 Å². The lowest BCUT2D eigenvalue weighted by Crippen LogP contribution is -2.75. The smallest absolute Gasteiger partial charge is 0.450 e. The van der Waals surface area contributed by atoms with Crippen molar-refractivity contribution >= 4 is 5.97 Å². The Morgan fingerprint density at radius 2 is 1.83 bits per heavy atom. The predicted octanol–water partition coefficient (Wildman–Crippen LogP) is 4.43. The molecule has 6 aliphatic rings. The molecule has 0 aromatic carbocycles. The minimum absolute atomic E-state index is 0.0211. The van der Waals surface area contributed by atoms with E-state index in [9.17, 15) is 18.0 Å². The SMILES string of the molecule is CC1(COC(=O)C2CC3CC2C2C4C=CC(C4)C32)OCOC(OC2CCCO2)(C(F)(F)F)C1(F)F. The molecule has 35 heavy (non-hydrogen) atoms. The third kappa shape index (κ3) is 3.30. The molecule has 2 heterocycles. The van der Waals surface area contributed by atoms with Crippen molar-refractivity contribution in [3.8, 4) is 0 Å². The van der Waals surface area contributed by atoms with Crippen molar-refractivity contribution in [2.45, 2.75) is 68.8 Å². The summed E-state index contributed by atoms with van der Waals surface area (Å²) < 4.78 is 98.1. The standard InChI is InChI=1S/C24H29F5O6/c1-21(22(25,26)23(24(27,28)29,34-11-33-21)35-17-3-2-6-31-17)10-32-20(30)16-9-14-8-15(16)19-13-5-4-12(7-13)18(14)19/h4-5,12-19H,2-3,6-11H2,1H3. The molecule has 4 bridgehead atoms. The van der Waals surface area contributed by atoms with Gasteiger partial charge in [-0.05, 0) is 68.1 Å². The fourth-order valence-electron chi connectivity index (χ4n) is 7.77. The van der Waals surface area contributed by atoms with Gasteiger partial charge in [-0.25, -0.2) is 0 Å². The van der Waals surface area contributed by atoms with Crippen LogP contribution in [0.2, 0.25) is 0 Å². The lowest BCUT2D eigenvalue weighted by molar-refractivity contribution is -0.524. The van der Waals surface area contributed by atoms with Gasteiger partial charge in [0.2, 0.25) is 0 Å². The van der Waals surface area contributed by atoms with Crippen molar-refractivity contribution in [1.29, 1.82) is 0 Å². The summed E-state index contributed by atoms with van der Waals surface area (Å²) in [6, 6.07) is 0. The molecule has 6 rings (SSSR count). The maximum Gasteiger partial charge on any atom is 0.450 e. The van der Waals surface area contributed by atoms with Gasteiger partial charge < -0.3 is 23.7 Å². The second-order valence-electron chi connectivity index (χ2n) is 11.1. The van der Waals surface area contributed by atoms with Crippen LogP contribution in [0.4, 0.5) is 22.0 Å². The van der Waals surface area contributed by atoms with Crippen LogP contribution < -0.4 is 0 Å². The van der Waals surface area contributed by atoms with Gasteiger partial charge in [0.1, 0.15) is 6.61 Å². The quantitative estimate of drug-likeness (QED) is 0.237. The lowest BCUT2D eigenvalue weighted by atomic mass is 9.69. The summed E-state index contributed by atoms with van der Waals surface area (Å²) in [5, 5.41) is 0. The van der Waals surface area contributed by atoms with E-state index in [-0.39, 0.29) is 18.9 Å². The van der Waals surface area contributed by atoms with Crippen LogP contribution in [0.1, 0.15) is 39.0 Å². The second kappa shape index (κ2) is 7.85. The number of esters is 1. The third-order valence-electron chi connectivity index (χ3n) is 9.34. The molecule has 4 aliphatic carbocycles. The van der Waals surface area contributed by atoms with Crippen molar-refractivity contribution in [3.63, 3.8) is 0 Å². The summed E-state index contributed by atoms with van der Waals surface area (Å²) in [6.07, 6.45) is 0.435. The summed E-state index contributed by atoms with van der Waals surface area (Å²) in [4.78, 5) is 13.0. The molecule has 6 nitrogen and oxygen atoms in total. The summed E-state index contributed by atoms with van der Waals surface area (Å²) in [6.45, 7) is -1.27. The molecule has 3 saturated carbocycles. The van der Waals surface area contributed by atoms with E-state index in [1.807, 2.05) is 0 Å². The van der Waals surface area contributed by atoms with Crippen LogP contribution in [-0.2, 0) is 28.5 Å². The van der Waals surface area contributed by atoms with Crippen LogP contribution in [0, 0.1) is 41.4 Å². The normalized spacial score (nSPS) is 49.5. The molecule has 2 saturated heterocycles. The maximum atomic E-state index is 15.6. The molecule has 196 valence electrons. The average molecular weight is 508 g/mol. The molecule has 2 aliphatic heterocycles. The molecule has 0 aromatic rings. The molecule has 0 amide bonds. The van der Waals surface area contributed by atoms with E-state index in [4.69, 9.17) is 18.9 Å². The third-order valence-corrected chi connectivity index (χ3v) is 9.34. The number of hydrogen-bond acceptors (Lipinski definition) is 6. The Morgan fingerprint density at radius 3 is 2.51 bits per heavy atom. The van der Waals surface area contributed by atoms with Crippen LogP contribution in [-0.4, -0.2) is 55.8 Å².